The van der Waals surface area contributed by atoms with Crippen LogP contribution in [0.4, 0.5) is 5.95 Å². The van der Waals surface area contributed by atoms with Crippen molar-refractivity contribution in [3.05, 3.63) is 34.4 Å². The molecule has 0 radical (unpaired) electrons. The summed E-state index contributed by atoms with van der Waals surface area (Å²) < 4.78 is 0. The fraction of sp³-hybridized carbons (Fsp3) is 0.167. The number of aromatic hydroxyl groups is 1. The normalized spacial score (nSPS) is 10.4. The smallest absolute Gasteiger partial charge is 0.225 e. The summed E-state index contributed by atoms with van der Waals surface area (Å²) in [7, 11) is 3.65. The quantitative estimate of drug-likeness (QED) is 0.919. The van der Waals surface area contributed by atoms with Crippen LogP contribution in [0.2, 0.25) is 10.0 Å². The molecule has 0 fully saturated rings. The molecule has 0 amide bonds. The van der Waals surface area contributed by atoms with Crippen LogP contribution in [0.5, 0.6) is 5.75 Å². The van der Waals surface area contributed by atoms with Crippen LogP contribution in [0.25, 0.3) is 11.3 Å². The van der Waals surface area contributed by atoms with Crippen LogP contribution in [0.15, 0.2) is 24.4 Å². The van der Waals surface area contributed by atoms with Crippen molar-refractivity contribution in [2.75, 3.05) is 19.0 Å². The number of rotatable bonds is 2. The van der Waals surface area contributed by atoms with E-state index in [9.17, 15) is 5.11 Å². The summed E-state index contributed by atoms with van der Waals surface area (Å²) in [4.78, 5) is 10.0. The van der Waals surface area contributed by atoms with Gasteiger partial charge in [-0.25, -0.2) is 9.97 Å². The minimum atomic E-state index is -0.000936. The maximum Gasteiger partial charge on any atom is 0.225 e. The summed E-state index contributed by atoms with van der Waals surface area (Å²) in [6, 6.07) is 5.07. The summed E-state index contributed by atoms with van der Waals surface area (Å²) in [6.07, 6.45) is 1.36. The van der Waals surface area contributed by atoms with Gasteiger partial charge in [-0.15, -0.1) is 0 Å². The molecule has 1 aromatic carbocycles. The Balaban J connectivity index is 2.55. The lowest BCUT2D eigenvalue weighted by Gasteiger charge is -2.12. The Hall–Kier alpha value is -1.52. The van der Waals surface area contributed by atoms with E-state index in [0.29, 0.717) is 27.3 Å². The lowest BCUT2D eigenvalue weighted by Crippen LogP contribution is -2.12. The van der Waals surface area contributed by atoms with Crippen LogP contribution < -0.4 is 4.90 Å². The molecule has 1 heterocycles. The van der Waals surface area contributed by atoms with Gasteiger partial charge >= 0.3 is 0 Å². The second-order valence-corrected chi connectivity index (χ2v) is 4.74. The second kappa shape index (κ2) is 5.00. The predicted octanol–water partition coefficient (Wildman–Crippen LogP) is 3.22. The first-order valence-corrected chi connectivity index (χ1v) is 5.93. The minimum absolute atomic E-state index is 0.000936. The van der Waals surface area contributed by atoms with Crippen molar-refractivity contribution in [2.45, 2.75) is 0 Å². The minimum Gasteiger partial charge on any atom is -0.504 e. The van der Waals surface area contributed by atoms with E-state index in [1.54, 1.807) is 23.1 Å². The zero-order chi connectivity index (χ0) is 13.3. The van der Waals surface area contributed by atoms with Crippen molar-refractivity contribution in [3.63, 3.8) is 0 Å². The summed E-state index contributed by atoms with van der Waals surface area (Å²) in [5.41, 5.74) is 1.11. The van der Waals surface area contributed by atoms with E-state index < -0.39 is 0 Å². The van der Waals surface area contributed by atoms with Crippen LogP contribution >= 0.6 is 23.2 Å². The van der Waals surface area contributed by atoms with Crippen LogP contribution in [-0.4, -0.2) is 29.2 Å². The van der Waals surface area contributed by atoms with Gasteiger partial charge in [-0.3, -0.25) is 0 Å². The van der Waals surface area contributed by atoms with Gasteiger partial charge in [-0.05, 0) is 12.1 Å². The third-order valence-corrected chi connectivity index (χ3v) is 3.09. The van der Waals surface area contributed by atoms with Crippen molar-refractivity contribution < 1.29 is 5.11 Å². The van der Waals surface area contributed by atoms with Gasteiger partial charge in [0, 0.05) is 19.7 Å². The largest absolute Gasteiger partial charge is 0.504 e. The topological polar surface area (TPSA) is 49.2 Å². The Kier molecular flexibility index (Phi) is 3.59. The van der Waals surface area contributed by atoms with Gasteiger partial charge in [0.05, 0.1) is 16.2 Å². The van der Waals surface area contributed by atoms with Gasteiger partial charge < -0.3 is 10.0 Å². The first-order valence-electron chi connectivity index (χ1n) is 5.18. The standard InChI is InChI=1S/C12H11Cl2N3O/c1-17(2)12-15-6-10(18)11(16-12)7-3-4-8(13)9(14)5-7/h3-6,18H,1-2H3. The number of halogens is 2. The third-order valence-electron chi connectivity index (χ3n) is 2.35. The Labute approximate surface area is 115 Å². The number of nitrogens with zero attached hydrogens (tertiary/aromatic N) is 3. The van der Waals surface area contributed by atoms with Gasteiger partial charge in [0.1, 0.15) is 5.69 Å². The van der Waals surface area contributed by atoms with Crippen LogP contribution in [0.1, 0.15) is 0 Å². The zero-order valence-corrected chi connectivity index (χ0v) is 11.4. The van der Waals surface area contributed by atoms with E-state index in [1.165, 1.54) is 6.20 Å². The highest BCUT2D eigenvalue weighted by molar-refractivity contribution is 6.42. The van der Waals surface area contributed by atoms with E-state index >= 15 is 0 Å². The first-order chi connectivity index (χ1) is 8.49. The fourth-order valence-electron chi connectivity index (χ4n) is 1.44. The number of aromatic nitrogens is 2. The molecule has 0 unspecified atom stereocenters. The molecule has 2 aromatic rings. The molecule has 1 N–H and O–H groups in total. The molecular formula is C12H11Cl2N3O. The highest BCUT2D eigenvalue weighted by Gasteiger charge is 2.11. The molecule has 0 aliphatic heterocycles. The molecule has 2 rings (SSSR count). The maximum atomic E-state index is 9.81. The zero-order valence-electron chi connectivity index (χ0n) is 9.85. The molecule has 0 spiro atoms. The van der Waals surface area contributed by atoms with E-state index in [-0.39, 0.29) is 5.75 Å². The number of hydrogen-bond donors (Lipinski definition) is 1. The Morgan fingerprint density at radius 1 is 1.17 bits per heavy atom. The molecule has 6 heteroatoms. The van der Waals surface area contributed by atoms with Gasteiger partial charge in [0.2, 0.25) is 5.95 Å². The lowest BCUT2D eigenvalue weighted by atomic mass is 10.1. The highest BCUT2D eigenvalue weighted by Crippen LogP contribution is 2.32. The molecule has 4 nitrogen and oxygen atoms in total. The summed E-state index contributed by atoms with van der Waals surface area (Å²) in [6.45, 7) is 0. The fourth-order valence-corrected chi connectivity index (χ4v) is 1.74. The molecule has 0 aliphatic rings. The van der Waals surface area contributed by atoms with E-state index in [2.05, 4.69) is 9.97 Å². The van der Waals surface area contributed by atoms with Crippen molar-refractivity contribution >= 4 is 29.2 Å². The molecular weight excluding hydrogens is 273 g/mol. The molecule has 0 saturated carbocycles. The number of anilines is 1. The molecule has 0 saturated heterocycles. The monoisotopic (exact) mass is 283 g/mol. The molecule has 0 atom stereocenters. The van der Waals surface area contributed by atoms with E-state index in [0.717, 1.165) is 0 Å². The number of hydrogen-bond acceptors (Lipinski definition) is 4. The van der Waals surface area contributed by atoms with E-state index in [4.69, 9.17) is 23.2 Å². The first kappa shape index (κ1) is 12.9. The number of benzene rings is 1. The van der Waals surface area contributed by atoms with Crippen molar-refractivity contribution in [1.29, 1.82) is 0 Å². The van der Waals surface area contributed by atoms with Gasteiger partial charge in [0.15, 0.2) is 5.75 Å². The van der Waals surface area contributed by atoms with Gasteiger partial charge in [0.25, 0.3) is 0 Å². The average molecular weight is 284 g/mol. The second-order valence-electron chi connectivity index (χ2n) is 3.93. The van der Waals surface area contributed by atoms with Crippen LogP contribution in [0.3, 0.4) is 0 Å². The third kappa shape index (κ3) is 2.49. The Morgan fingerprint density at radius 3 is 2.50 bits per heavy atom. The van der Waals surface area contributed by atoms with Crippen molar-refractivity contribution in [1.82, 2.24) is 9.97 Å². The van der Waals surface area contributed by atoms with Crippen LogP contribution in [-0.2, 0) is 0 Å². The molecule has 0 bridgehead atoms. The summed E-state index contributed by atoms with van der Waals surface area (Å²) >= 11 is 11.8. The molecule has 1 aromatic heterocycles. The highest BCUT2D eigenvalue weighted by atomic mass is 35.5. The van der Waals surface area contributed by atoms with Crippen LogP contribution in [0, 0.1) is 0 Å². The average Bonchev–Trinajstić information content (AvgIpc) is 2.33. The van der Waals surface area contributed by atoms with Gasteiger partial charge in [-0.1, -0.05) is 29.3 Å². The van der Waals surface area contributed by atoms with E-state index in [1.807, 2.05) is 14.1 Å². The Bertz CT molecular complexity index is 588. The summed E-state index contributed by atoms with van der Waals surface area (Å²) in [5.74, 6) is 0.507. The molecule has 94 valence electrons. The van der Waals surface area contributed by atoms with Gasteiger partial charge in [-0.2, -0.15) is 0 Å². The predicted molar refractivity (Wildman–Crippen MR) is 73.5 cm³/mol. The van der Waals surface area contributed by atoms with Crippen molar-refractivity contribution in [3.8, 4) is 17.0 Å². The lowest BCUT2D eigenvalue weighted by molar-refractivity contribution is 0.472. The van der Waals surface area contributed by atoms with Crippen molar-refractivity contribution in [2.24, 2.45) is 0 Å². The maximum absolute atomic E-state index is 9.81. The Morgan fingerprint density at radius 2 is 1.89 bits per heavy atom. The summed E-state index contributed by atoms with van der Waals surface area (Å²) in [5, 5.41) is 10.7. The molecule has 0 aliphatic carbocycles. The SMILES string of the molecule is CN(C)c1ncc(O)c(-c2ccc(Cl)c(Cl)c2)n1. The molecule has 18 heavy (non-hydrogen) atoms.